The summed E-state index contributed by atoms with van der Waals surface area (Å²) in [6.45, 7) is 1.30. The Balaban J connectivity index is 1.50. The van der Waals surface area contributed by atoms with Gasteiger partial charge in [-0.05, 0) is 37.1 Å². The molecule has 1 saturated heterocycles. The van der Waals surface area contributed by atoms with Crippen LogP contribution in [0.15, 0.2) is 59.1 Å². The van der Waals surface area contributed by atoms with Gasteiger partial charge in [0.25, 0.3) is 5.91 Å². The Hall–Kier alpha value is -3.02. The average molecular weight is 334 g/mol. The summed E-state index contributed by atoms with van der Waals surface area (Å²) in [5.41, 5.74) is 1.37. The SMILES string of the molecule is O=C(c1ccccn1)N1CCCC(c2nnc(-c3ccccc3)o2)C1. The fourth-order valence-electron chi connectivity index (χ4n) is 3.11. The molecule has 0 aliphatic carbocycles. The predicted molar refractivity (Wildman–Crippen MR) is 91.8 cm³/mol. The molecule has 1 aromatic carbocycles. The van der Waals surface area contributed by atoms with Crippen LogP contribution in [0.4, 0.5) is 0 Å². The van der Waals surface area contributed by atoms with Crippen molar-refractivity contribution in [1.29, 1.82) is 0 Å². The number of carbonyl (C=O) groups is 1. The standard InChI is InChI=1S/C19H18N4O2/c24-19(16-10-4-5-11-20-16)23-12-6-9-15(13-23)18-22-21-17(25-18)14-7-2-1-3-8-14/h1-5,7-8,10-11,15H,6,9,12-13H2. The number of pyridine rings is 1. The predicted octanol–water partition coefficient (Wildman–Crippen LogP) is 3.15. The van der Waals surface area contributed by atoms with Gasteiger partial charge in [0.15, 0.2) is 0 Å². The van der Waals surface area contributed by atoms with Crippen molar-refractivity contribution in [2.24, 2.45) is 0 Å². The van der Waals surface area contributed by atoms with Gasteiger partial charge in [-0.2, -0.15) is 0 Å². The summed E-state index contributed by atoms with van der Waals surface area (Å²) in [6.07, 6.45) is 3.48. The summed E-state index contributed by atoms with van der Waals surface area (Å²) < 4.78 is 5.87. The number of hydrogen-bond acceptors (Lipinski definition) is 5. The molecule has 3 aromatic rings. The number of likely N-dealkylation sites (tertiary alicyclic amines) is 1. The average Bonchev–Trinajstić information content (AvgIpc) is 3.19. The largest absolute Gasteiger partial charge is 0.420 e. The van der Waals surface area contributed by atoms with Crippen LogP contribution in [-0.4, -0.2) is 39.1 Å². The molecule has 126 valence electrons. The van der Waals surface area contributed by atoms with E-state index in [0.717, 1.165) is 24.9 Å². The molecule has 6 nitrogen and oxygen atoms in total. The summed E-state index contributed by atoms with van der Waals surface area (Å²) in [4.78, 5) is 18.6. The lowest BCUT2D eigenvalue weighted by atomic mass is 9.97. The minimum Gasteiger partial charge on any atom is -0.420 e. The third-order valence-electron chi connectivity index (χ3n) is 4.40. The van der Waals surface area contributed by atoms with Gasteiger partial charge in [0.05, 0.1) is 5.92 Å². The second-order valence-electron chi connectivity index (χ2n) is 6.12. The molecule has 1 amide bonds. The van der Waals surface area contributed by atoms with E-state index in [1.807, 2.05) is 41.3 Å². The Bertz CT molecular complexity index is 848. The maximum atomic E-state index is 12.6. The molecule has 0 radical (unpaired) electrons. The van der Waals surface area contributed by atoms with E-state index in [-0.39, 0.29) is 11.8 Å². The molecule has 0 saturated carbocycles. The number of amides is 1. The maximum Gasteiger partial charge on any atom is 0.272 e. The minimum absolute atomic E-state index is 0.0481. The van der Waals surface area contributed by atoms with Crippen molar-refractivity contribution < 1.29 is 9.21 Å². The summed E-state index contributed by atoms with van der Waals surface area (Å²) in [7, 11) is 0. The molecule has 1 aliphatic rings. The van der Waals surface area contributed by atoms with E-state index in [9.17, 15) is 4.79 Å². The zero-order valence-electron chi connectivity index (χ0n) is 13.7. The van der Waals surface area contributed by atoms with Gasteiger partial charge in [-0.1, -0.05) is 24.3 Å². The van der Waals surface area contributed by atoms with E-state index < -0.39 is 0 Å². The molecular weight excluding hydrogens is 316 g/mol. The highest BCUT2D eigenvalue weighted by Gasteiger charge is 2.29. The highest BCUT2D eigenvalue weighted by Crippen LogP contribution is 2.28. The topological polar surface area (TPSA) is 72.1 Å². The number of aromatic nitrogens is 3. The fourth-order valence-corrected chi connectivity index (χ4v) is 3.11. The normalized spacial score (nSPS) is 17.4. The first-order valence-corrected chi connectivity index (χ1v) is 8.40. The summed E-state index contributed by atoms with van der Waals surface area (Å²) >= 11 is 0. The van der Waals surface area contributed by atoms with Gasteiger partial charge in [0.1, 0.15) is 5.69 Å². The molecule has 0 spiro atoms. The van der Waals surface area contributed by atoms with Crippen LogP contribution < -0.4 is 0 Å². The van der Waals surface area contributed by atoms with Crippen molar-refractivity contribution in [3.63, 3.8) is 0 Å². The molecule has 0 bridgehead atoms. The highest BCUT2D eigenvalue weighted by atomic mass is 16.4. The first-order chi connectivity index (χ1) is 12.3. The number of rotatable bonds is 3. The van der Waals surface area contributed by atoms with Gasteiger partial charge in [0, 0.05) is 24.8 Å². The molecule has 1 fully saturated rings. The smallest absolute Gasteiger partial charge is 0.272 e. The number of hydrogen-bond donors (Lipinski definition) is 0. The number of benzene rings is 1. The fraction of sp³-hybridized carbons (Fsp3) is 0.263. The maximum absolute atomic E-state index is 12.6. The lowest BCUT2D eigenvalue weighted by molar-refractivity contribution is 0.0692. The minimum atomic E-state index is -0.0481. The van der Waals surface area contributed by atoms with E-state index in [1.165, 1.54) is 0 Å². The van der Waals surface area contributed by atoms with E-state index in [1.54, 1.807) is 18.3 Å². The van der Waals surface area contributed by atoms with Gasteiger partial charge in [0.2, 0.25) is 11.8 Å². The van der Waals surface area contributed by atoms with Crippen molar-refractivity contribution in [2.45, 2.75) is 18.8 Å². The number of nitrogens with zero attached hydrogens (tertiary/aromatic N) is 4. The highest BCUT2D eigenvalue weighted by molar-refractivity contribution is 5.92. The lowest BCUT2D eigenvalue weighted by Crippen LogP contribution is -2.39. The van der Waals surface area contributed by atoms with Gasteiger partial charge in [-0.25, -0.2) is 0 Å². The summed E-state index contributed by atoms with van der Waals surface area (Å²) in [6, 6.07) is 15.1. The molecule has 0 N–H and O–H groups in total. The zero-order valence-corrected chi connectivity index (χ0v) is 13.7. The monoisotopic (exact) mass is 334 g/mol. The Labute approximate surface area is 145 Å². The van der Waals surface area contributed by atoms with Crippen molar-refractivity contribution in [2.75, 3.05) is 13.1 Å². The second-order valence-corrected chi connectivity index (χ2v) is 6.12. The molecule has 1 aliphatic heterocycles. The second kappa shape index (κ2) is 6.84. The van der Waals surface area contributed by atoms with Crippen LogP contribution in [0.3, 0.4) is 0 Å². The van der Waals surface area contributed by atoms with Gasteiger partial charge < -0.3 is 9.32 Å². The third-order valence-corrected chi connectivity index (χ3v) is 4.40. The Morgan fingerprint density at radius 3 is 2.72 bits per heavy atom. The van der Waals surface area contributed by atoms with E-state index in [4.69, 9.17) is 4.42 Å². The van der Waals surface area contributed by atoms with Crippen molar-refractivity contribution in [3.05, 3.63) is 66.3 Å². The van der Waals surface area contributed by atoms with Crippen LogP contribution in [0.5, 0.6) is 0 Å². The van der Waals surface area contributed by atoms with Crippen LogP contribution >= 0.6 is 0 Å². The summed E-state index contributed by atoms with van der Waals surface area (Å²) in [5.74, 6) is 1.13. The first kappa shape index (κ1) is 15.5. The molecule has 25 heavy (non-hydrogen) atoms. The lowest BCUT2D eigenvalue weighted by Gasteiger charge is -2.30. The van der Waals surface area contributed by atoms with E-state index >= 15 is 0 Å². The van der Waals surface area contributed by atoms with E-state index in [2.05, 4.69) is 15.2 Å². The van der Waals surface area contributed by atoms with Gasteiger partial charge >= 0.3 is 0 Å². The molecule has 4 rings (SSSR count). The third kappa shape index (κ3) is 3.28. The Morgan fingerprint density at radius 2 is 1.92 bits per heavy atom. The summed E-state index contributed by atoms with van der Waals surface area (Å²) in [5, 5.41) is 8.37. The molecule has 3 heterocycles. The van der Waals surface area contributed by atoms with Crippen LogP contribution in [0.1, 0.15) is 35.1 Å². The number of piperidine rings is 1. The molecule has 1 atom stereocenters. The molecule has 1 unspecified atom stereocenters. The zero-order chi connectivity index (χ0) is 17.1. The first-order valence-electron chi connectivity index (χ1n) is 8.40. The Morgan fingerprint density at radius 1 is 1.08 bits per heavy atom. The quantitative estimate of drug-likeness (QED) is 0.736. The van der Waals surface area contributed by atoms with Crippen molar-refractivity contribution in [1.82, 2.24) is 20.1 Å². The molecule has 6 heteroatoms. The van der Waals surface area contributed by atoms with Crippen LogP contribution in [0.25, 0.3) is 11.5 Å². The van der Waals surface area contributed by atoms with Crippen molar-refractivity contribution >= 4 is 5.91 Å². The molecule has 2 aromatic heterocycles. The van der Waals surface area contributed by atoms with Crippen LogP contribution in [-0.2, 0) is 0 Å². The van der Waals surface area contributed by atoms with E-state index in [0.29, 0.717) is 24.0 Å². The van der Waals surface area contributed by atoms with Gasteiger partial charge in [-0.15, -0.1) is 10.2 Å². The van der Waals surface area contributed by atoms with Crippen LogP contribution in [0, 0.1) is 0 Å². The number of carbonyl (C=O) groups excluding carboxylic acids is 1. The van der Waals surface area contributed by atoms with Crippen molar-refractivity contribution in [3.8, 4) is 11.5 Å². The van der Waals surface area contributed by atoms with Gasteiger partial charge in [-0.3, -0.25) is 9.78 Å². The van der Waals surface area contributed by atoms with Crippen LogP contribution in [0.2, 0.25) is 0 Å². The Kier molecular flexibility index (Phi) is 4.24. The molecular formula is C19H18N4O2.